The monoisotopic (exact) mass is 301 g/mol. The average Bonchev–Trinajstić information content (AvgIpc) is 2.59. The van der Waals surface area contributed by atoms with Gasteiger partial charge in [-0.1, -0.05) is 0 Å². The van der Waals surface area contributed by atoms with E-state index in [1.807, 2.05) is -0.332 Å². The van der Waals surface area contributed by atoms with Gasteiger partial charge in [-0.05, 0) is 0 Å². The van der Waals surface area contributed by atoms with Crippen molar-refractivity contribution >= 4 is 49.0 Å². The number of hydrogen-bond donors (Lipinski definition) is 0. The molecule has 0 bridgehead atoms. The molecule has 0 aromatic heterocycles. The van der Waals surface area contributed by atoms with E-state index in [1.54, 1.807) is 16.7 Å². The number of allylic oxidation sites excluding steroid dienone is 4. The van der Waals surface area contributed by atoms with Crippen LogP contribution in [0.15, 0.2) is 16.4 Å². The molecule has 0 aliphatic heterocycles. The molecule has 1 rings (SSSR count). The summed E-state index contributed by atoms with van der Waals surface area (Å²) in [5, 5.41) is 0. The summed E-state index contributed by atoms with van der Waals surface area (Å²) in [7, 11) is 4.39. The molecule has 0 saturated carbocycles. The molecule has 0 saturated heterocycles. The van der Waals surface area contributed by atoms with Crippen molar-refractivity contribution in [2.24, 2.45) is 23.7 Å². The van der Waals surface area contributed by atoms with Gasteiger partial charge in [0, 0.05) is 0 Å². The van der Waals surface area contributed by atoms with E-state index in [-0.39, 0.29) is 0 Å². The first kappa shape index (κ1) is 19.1. The second kappa shape index (κ2) is 8.08. The van der Waals surface area contributed by atoms with Crippen LogP contribution in [0.2, 0.25) is 0 Å². The van der Waals surface area contributed by atoms with E-state index in [0.717, 1.165) is 54.9 Å². The minimum absolute atomic E-state index is 0.673. The zero-order chi connectivity index (χ0) is 15.6. The van der Waals surface area contributed by atoms with Gasteiger partial charge in [-0.25, -0.2) is 0 Å². The molecule has 1 nitrogen and oxygen atoms in total. The Labute approximate surface area is 160 Å². The number of rotatable bonds is 6. The molecule has 0 heterocycles. The Kier molecular flexibility index (Phi) is 7.72. The third kappa shape index (κ3) is 4.30. The van der Waals surface area contributed by atoms with Gasteiger partial charge in [0.05, 0.1) is 0 Å². The number of hydrogen-bond acceptors (Lipinski definition) is 1. The summed E-state index contributed by atoms with van der Waals surface area (Å²) < 4.78 is 1.83. The second-order valence-corrected chi connectivity index (χ2v) is 9.26. The third-order valence-electron chi connectivity index (χ3n) is 4.57. The van der Waals surface area contributed by atoms with Gasteiger partial charge in [0.2, 0.25) is 0 Å². The average molecular weight is 302 g/mol. The quantitative estimate of drug-likeness (QED) is 0.663. The van der Waals surface area contributed by atoms with E-state index < -0.39 is 0 Å². The topological polar surface area (TPSA) is 3.24 Å². The van der Waals surface area contributed by atoms with E-state index in [2.05, 4.69) is 60.5 Å². The minimum atomic E-state index is 0.673. The fourth-order valence-electron chi connectivity index (χ4n) is 3.86. The number of nitrogens with zero attached hydrogens (tertiary/aromatic N) is 1. The molecule has 1 unspecified atom stereocenters. The fourth-order valence-corrected chi connectivity index (χ4v) is 6.12. The first-order chi connectivity index (χ1) is 9.18. The summed E-state index contributed by atoms with van der Waals surface area (Å²) in [6.45, 7) is 15.5. The van der Waals surface area contributed by atoms with Crippen LogP contribution in [0.1, 0.15) is 48.0 Å². The molecule has 0 amide bonds. The van der Waals surface area contributed by atoms with Crippen molar-refractivity contribution in [1.29, 1.82) is 0 Å². The van der Waals surface area contributed by atoms with Gasteiger partial charge in [-0.15, -0.1) is 0 Å². The molecule has 0 aromatic rings. The van der Waals surface area contributed by atoms with Gasteiger partial charge in [-0.3, -0.25) is 0 Å². The SMILES string of the molecule is CC(C)C1=[C]([K])C(CCN(C)C)C(C(C)C)=C1C(C)C. The molecule has 0 spiro atoms. The van der Waals surface area contributed by atoms with Crippen LogP contribution in [-0.2, 0) is 0 Å². The predicted octanol–water partition coefficient (Wildman–Crippen LogP) is 4.26. The third-order valence-corrected chi connectivity index (χ3v) is 6.50. The first-order valence-corrected chi connectivity index (χ1v) is 9.84. The molecule has 1 aliphatic carbocycles. The Bertz CT molecular complexity index is 400. The Morgan fingerprint density at radius 1 is 0.900 bits per heavy atom. The van der Waals surface area contributed by atoms with Crippen LogP contribution < -0.4 is 0 Å². The zero-order valence-electron chi connectivity index (χ0n) is 15.2. The first-order valence-electron chi connectivity index (χ1n) is 8.28. The van der Waals surface area contributed by atoms with Crippen molar-refractivity contribution < 1.29 is 0 Å². The predicted molar refractivity (Wildman–Crippen MR) is 91.0 cm³/mol. The van der Waals surface area contributed by atoms with Crippen LogP contribution in [0.5, 0.6) is 0 Å². The van der Waals surface area contributed by atoms with Crippen LogP contribution >= 0.6 is 0 Å². The van der Waals surface area contributed by atoms with Crippen molar-refractivity contribution in [3.05, 3.63) is 16.4 Å². The molecule has 0 radical (unpaired) electrons. The molecule has 0 N–H and O–H groups in total. The summed E-state index contributed by atoms with van der Waals surface area (Å²) in [4.78, 5) is 2.33. The summed E-state index contributed by atoms with van der Waals surface area (Å²) >= 11 is 0.806. The molecular weight excluding hydrogens is 269 g/mol. The Hall–Kier alpha value is 1.08. The maximum absolute atomic E-state index is 2.39. The van der Waals surface area contributed by atoms with Gasteiger partial charge in [0.1, 0.15) is 0 Å². The molecule has 1 aliphatic rings. The van der Waals surface area contributed by atoms with Crippen LogP contribution in [0, 0.1) is 23.7 Å². The van der Waals surface area contributed by atoms with E-state index in [9.17, 15) is 0 Å². The summed E-state index contributed by atoms with van der Waals surface area (Å²) in [6, 6.07) is 0. The van der Waals surface area contributed by atoms with Gasteiger partial charge in [0.25, 0.3) is 0 Å². The van der Waals surface area contributed by atoms with Gasteiger partial charge in [-0.2, -0.15) is 0 Å². The molecule has 110 valence electrons. The molecule has 2 heteroatoms. The summed E-state index contributed by atoms with van der Waals surface area (Å²) in [6.07, 6.45) is 1.31. The molecular formula is C18H32KN. The van der Waals surface area contributed by atoms with Crippen LogP contribution in [0.4, 0.5) is 0 Å². The van der Waals surface area contributed by atoms with Crippen molar-refractivity contribution in [2.75, 3.05) is 20.6 Å². The van der Waals surface area contributed by atoms with Crippen LogP contribution in [0.25, 0.3) is 0 Å². The maximum atomic E-state index is 2.39. The Balaban J connectivity index is 3.26. The van der Waals surface area contributed by atoms with Crippen molar-refractivity contribution in [3.63, 3.8) is 0 Å². The van der Waals surface area contributed by atoms with E-state index >= 15 is 0 Å². The molecule has 0 fully saturated rings. The Morgan fingerprint density at radius 2 is 1.40 bits per heavy atom. The van der Waals surface area contributed by atoms with Gasteiger partial charge in [0.15, 0.2) is 0 Å². The van der Waals surface area contributed by atoms with E-state index in [0.29, 0.717) is 17.8 Å². The second-order valence-electron chi connectivity index (χ2n) is 7.57. The molecule has 20 heavy (non-hydrogen) atoms. The standard InChI is InChI=1S/C18H32N.K/c1-12(2)16-11-15(9-10-19(7)8)17(13(3)4)18(16)14(5)6;/h12-15H,9-10H2,1-8H3;. The molecule has 0 aromatic carbocycles. The van der Waals surface area contributed by atoms with Crippen molar-refractivity contribution in [2.45, 2.75) is 48.0 Å². The van der Waals surface area contributed by atoms with Gasteiger partial charge < -0.3 is 0 Å². The Morgan fingerprint density at radius 3 is 1.75 bits per heavy atom. The van der Waals surface area contributed by atoms with Crippen LogP contribution in [0.3, 0.4) is 0 Å². The van der Waals surface area contributed by atoms with E-state index in [1.165, 1.54) is 13.0 Å². The van der Waals surface area contributed by atoms with Crippen molar-refractivity contribution in [1.82, 2.24) is 4.90 Å². The normalized spacial score (nSPS) is 20.6. The summed E-state index contributed by atoms with van der Waals surface area (Å²) in [5.74, 6) is 2.81. The molecule has 1 atom stereocenters. The van der Waals surface area contributed by atoms with Gasteiger partial charge >= 0.3 is 163 Å². The summed E-state index contributed by atoms with van der Waals surface area (Å²) in [5.41, 5.74) is 5.24. The van der Waals surface area contributed by atoms with Crippen LogP contribution in [-0.4, -0.2) is 74.5 Å². The zero-order valence-corrected chi connectivity index (χ0v) is 18.3. The fraction of sp³-hybridized carbons (Fsp3) is 0.778. The van der Waals surface area contributed by atoms with Crippen molar-refractivity contribution in [3.8, 4) is 0 Å². The van der Waals surface area contributed by atoms with E-state index in [4.69, 9.17) is 0 Å².